The van der Waals surface area contributed by atoms with Crippen molar-refractivity contribution in [3.8, 4) is 0 Å². The second-order valence-corrected chi connectivity index (χ2v) is 5.98. The van der Waals surface area contributed by atoms with Gasteiger partial charge in [-0.15, -0.1) is 0 Å². The molecule has 0 radical (unpaired) electrons. The molecular formula is C18H20Cl2O. The lowest BCUT2D eigenvalue weighted by molar-refractivity contribution is 0.0726. The monoisotopic (exact) mass is 322 g/mol. The Balaban J connectivity index is 1.66. The highest BCUT2D eigenvalue weighted by molar-refractivity contribution is 6.21. The third-order valence-corrected chi connectivity index (χ3v) is 3.94. The number of ether oxygens (including phenoxy) is 1. The third kappa shape index (κ3) is 6.52. The molecule has 112 valence electrons. The van der Waals surface area contributed by atoms with E-state index in [1.807, 2.05) is 36.4 Å². The van der Waals surface area contributed by atoms with Gasteiger partial charge in [-0.1, -0.05) is 83.9 Å². The van der Waals surface area contributed by atoms with Gasteiger partial charge < -0.3 is 4.74 Å². The lowest BCUT2D eigenvalue weighted by Crippen LogP contribution is -2.14. The number of benzene rings is 2. The largest absolute Gasteiger partial charge is 0.344 e. The lowest BCUT2D eigenvalue weighted by Gasteiger charge is -2.16. The van der Waals surface area contributed by atoms with Crippen LogP contribution in [0.3, 0.4) is 0 Å². The summed E-state index contributed by atoms with van der Waals surface area (Å²) in [6, 6.07) is 20.5. The van der Waals surface area contributed by atoms with Crippen molar-refractivity contribution in [2.24, 2.45) is 0 Å². The van der Waals surface area contributed by atoms with Crippen LogP contribution < -0.4 is 0 Å². The summed E-state index contributed by atoms with van der Waals surface area (Å²) in [5.41, 5.74) is 1.84. The molecule has 2 unspecified atom stereocenters. The molecule has 0 N–H and O–H groups in total. The minimum atomic E-state index is -0.344. The lowest BCUT2D eigenvalue weighted by atomic mass is 10.1. The highest BCUT2D eigenvalue weighted by Gasteiger charge is 2.12. The number of rotatable bonds is 8. The molecule has 2 rings (SSSR count). The molecule has 3 heteroatoms. The van der Waals surface area contributed by atoms with Gasteiger partial charge in [0.1, 0.15) is 11.1 Å². The minimum absolute atomic E-state index is 0.344. The second-order valence-electron chi connectivity index (χ2n) is 5.00. The van der Waals surface area contributed by atoms with Crippen LogP contribution in [0.15, 0.2) is 60.7 Å². The molecular weight excluding hydrogens is 303 g/mol. The summed E-state index contributed by atoms with van der Waals surface area (Å²) in [6.45, 7) is 0. The van der Waals surface area contributed by atoms with Crippen LogP contribution in [0.1, 0.15) is 24.0 Å². The maximum atomic E-state index is 6.20. The van der Waals surface area contributed by atoms with Crippen molar-refractivity contribution in [3.05, 3.63) is 71.8 Å². The second kappa shape index (κ2) is 9.09. The zero-order valence-corrected chi connectivity index (χ0v) is 13.4. The van der Waals surface area contributed by atoms with E-state index in [-0.39, 0.29) is 11.1 Å². The fourth-order valence-corrected chi connectivity index (χ4v) is 2.67. The van der Waals surface area contributed by atoms with Crippen LogP contribution in [0.4, 0.5) is 0 Å². The molecule has 0 saturated carbocycles. The topological polar surface area (TPSA) is 9.23 Å². The molecule has 0 aliphatic rings. The number of alkyl halides is 2. The molecule has 2 aromatic rings. The molecule has 0 heterocycles. The van der Waals surface area contributed by atoms with E-state index in [1.165, 1.54) is 11.1 Å². The van der Waals surface area contributed by atoms with Gasteiger partial charge in [0.25, 0.3) is 0 Å². The van der Waals surface area contributed by atoms with E-state index in [1.54, 1.807) is 0 Å². The van der Waals surface area contributed by atoms with Gasteiger partial charge in [-0.05, 0) is 36.8 Å². The zero-order chi connectivity index (χ0) is 14.9. The van der Waals surface area contributed by atoms with Crippen molar-refractivity contribution in [1.29, 1.82) is 0 Å². The fraction of sp³-hybridized carbons (Fsp3) is 0.333. The molecule has 21 heavy (non-hydrogen) atoms. The van der Waals surface area contributed by atoms with Crippen LogP contribution in [-0.2, 0) is 17.6 Å². The Morgan fingerprint density at radius 2 is 1.05 bits per heavy atom. The maximum Gasteiger partial charge on any atom is 0.133 e. The van der Waals surface area contributed by atoms with Crippen molar-refractivity contribution < 1.29 is 4.74 Å². The Labute approximate surface area is 136 Å². The maximum absolute atomic E-state index is 6.20. The highest BCUT2D eigenvalue weighted by atomic mass is 35.5. The molecule has 0 aliphatic heterocycles. The summed E-state index contributed by atoms with van der Waals surface area (Å²) < 4.78 is 5.62. The molecule has 0 bridgehead atoms. The normalized spacial score (nSPS) is 13.8. The standard InChI is InChI=1S/C18H20Cl2O/c19-17(13-11-15-7-3-1-4-8-15)21-18(20)14-12-16-9-5-2-6-10-16/h1-10,17-18H,11-14H2. The molecule has 1 nitrogen and oxygen atoms in total. The molecule has 0 aromatic heterocycles. The van der Waals surface area contributed by atoms with Crippen LogP contribution >= 0.6 is 23.2 Å². The predicted molar refractivity (Wildman–Crippen MR) is 89.9 cm³/mol. The predicted octanol–water partition coefficient (Wildman–Crippen LogP) is 5.40. The van der Waals surface area contributed by atoms with Crippen LogP contribution in [0.25, 0.3) is 0 Å². The Kier molecular flexibility index (Phi) is 7.08. The first-order chi connectivity index (χ1) is 10.2. The molecule has 0 saturated heterocycles. The molecule has 0 spiro atoms. The van der Waals surface area contributed by atoms with Crippen LogP contribution in [-0.4, -0.2) is 11.1 Å². The summed E-state index contributed by atoms with van der Waals surface area (Å²) in [5, 5.41) is 0. The van der Waals surface area contributed by atoms with Gasteiger partial charge >= 0.3 is 0 Å². The van der Waals surface area contributed by atoms with Gasteiger partial charge in [-0.3, -0.25) is 0 Å². The Hall–Kier alpha value is -1.02. The first-order valence-corrected chi connectivity index (χ1v) is 8.13. The average molecular weight is 323 g/mol. The third-order valence-electron chi connectivity index (χ3n) is 3.30. The van der Waals surface area contributed by atoms with Gasteiger partial charge in [-0.2, -0.15) is 0 Å². The van der Waals surface area contributed by atoms with Gasteiger partial charge in [0.15, 0.2) is 0 Å². The van der Waals surface area contributed by atoms with E-state index in [9.17, 15) is 0 Å². The van der Waals surface area contributed by atoms with Gasteiger partial charge in [0, 0.05) is 0 Å². The van der Waals surface area contributed by atoms with Gasteiger partial charge in [0.05, 0.1) is 0 Å². The van der Waals surface area contributed by atoms with Crippen molar-refractivity contribution in [1.82, 2.24) is 0 Å². The first kappa shape index (κ1) is 16.4. The van der Waals surface area contributed by atoms with Crippen LogP contribution in [0.5, 0.6) is 0 Å². The summed E-state index contributed by atoms with van der Waals surface area (Å²) >= 11 is 12.4. The van der Waals surface area contributed by atoms with E-state index in [2.05, 4.69) is 24.3 Å². The molecule has 0 amide bonds. The van der Waals surface area contributed by atoms with E-state index < -0.39 is 0 Å². The van der Waals surface area contributed by atoms with Crippen LogP contribution in [0, 0.1) is 0 Å². The SMILES string of the molecule is ClC(CCc1ccccc1)OC(Cl)CCc1ccccc1. The molecule has 0 aliphatic carbocycles. The van der Waals surface area contributed by atoms with E-state index in [0.717, 1.165) is 25.7 Å². The van der Waals surface area contributed by atoms with Crippen molar-refractivity contribution in [2.75, 3.05) is 0 Å². The Morgan fingerprint density at radius 1 is 0.667 bits per heavy atom. The number of aryl methyl sites for hydroxylation is 2. The number of halogens is 2. The first-order valence-electron chi connectivity index (χ1n) is 7.25. The minimum Gasteiger partial charge on any atom is -0.344 e. The zero-order valence-electron chi connectivity index (χ0n) is 11.9. The molecule has 0 fully saturated rings. The van der Waals surface area contributed by atoms with Gasteiger partial charge in [-0.25, -0.2) is 0 Å². The Morgan fingerprint density at radius 3 is 1.43 bits per heavy atom. The molecule has 2 aromatic carbocycles. The summed E-state index contributed by atoms with van der Waals surface area (Å²) in [6.07, 6.45) is 3.33. The van der Waals surface area contributed by atoms with Crippen molar-refractivity contribution >= 4 is 23.2 Å². The molecule has 2 atom stereocenters. The fourth-order valence-electron chi connectivity index (χ4n) is 2.15. The quantitative estimate of drug-likeness (QED) is 0.591. The van der Waals surface area contributed by atoms with E-state index >= 15 is 0 Å². The van der Waals surface area contributed by atoms with Crippen LogP contribution in [0.2, 0.25) is 0 Å². The average Bonchev–Trinajstić information content (AvgIpc) is 2.53. The highest BCUT2D eigenvalue weighted by Crippen LogP contribution is 2.17. The summed E-state index contributed by atoms with van der Waals surface area (Å²) in [5.74, 6) is 0. The summed E-state index contributed by atoms with van der Waals surface area (Å²) in [4.78, 5) is 0. The smallest absolute Gasteiger partial charge is 0.133 e. The van der Waals surface area contributed by atoms with E-state index in [4.69, 9.17) is 27.9 Å². The number of hydrogen-bond acceptors (Lipinski definition) is 1. The van der Waals surface area contributed by atoms with Crippen molar-refractivity contribution in [2.45, 2.75) is 36.8 Å². The summed E-state index contributed by atoms with van der Waals surface area (Å²) in [7, 11) is 0. The number of hydrogen-bond donors (Lipinski definition) is 0. The van der Waals surface area contributed by atoms with E-state index in [0.29, 0.717) is 0 Å². The Bertz CT molecular complexity index is 454. The van der Waals surface area contributed by atoms with Gasteiger partial charge in [0.2, 0.25) is 0 Å². The van der Waals surface area contributed by atoms with Crippen molar-refractivity contribution in [3.63, 3.8) is 0 Å².